The minimum atomic E-state index is 0.220. The van der Waals surface area contributed by atoms with Crippen LogP contribution in [0.5, 0.6) is 0 Å². The highest BCUT2D eigenvalue weighted by Gasteiger charge is 2.45. The third-order valence-corrected chi connectivity index (χ3v) is 5.90. The summed E-state index contributed by atoms with van der Waals surface area (Å²) < 4.78 is 3.12. The maximum Gasteiger partial charge on any atom is 0.191 e. The molecular weight excluding hydrogens is 378 g/mol. The van der Waals surface area contributed by atoms with Gasteiger partial charge in [0, 0.05) is 48.3 Å². The number of rotatable bonds is 5. The van der Waals surface area contributed by atoms with Gasteiger partial charge in [-0.1, -0.05) is 34.1 Å². The van der Waals surface area contributed by atoms with Gasteiger partial charge in [-0.2, -0.15) is 5.10 Å². The quantitative estimate of drug-likeness (QED) is 0.595. The second kappa shape index (κ2) is 7.20. The predicted molar refractivity (Wildman–Crippen MR) is 106 cm³/mol. The Kier molecular flexibility index (Phi) is 5.18. The minimum absolute atomic E-state index is 0.220. The summed E-state index contributed by atoms with van der Waals surface area (Å²) in [5, 5.41) is 11.4. The Morgan fingerprint density at radius 2 is 2.00 bits per heavy atom. The van der Waals surface area contributed by atoms with Crippen LogP contribution in [0.15, 0.2) is 33.7 Å². The molecular formula is C19H26BrN5. The number of benzene rings is 1. The normalized spacial score (nSPS) is 16.0. The minimum Gasteiger partial charge on any atom is -0.356 e. The molecule has 0 bridgehead atoms. The summed E-state index contributed by atoms with van der Waals surface area (Å²) in [5.74, 6) is 0.834. The molecule has 0 unspecified atom stereocenters. The van der Waals surface area contributed by atoms with E-state index in [-0.39, 0.29) is 5.41 Å². The van der Waals surface area contributed by atoms with E-state index in [1.54, 1.807) is 0 Å². The first-order valence-electron chi connectivity index (χ1n) is 8.65. The summed E-state index contributed by atoms with van der Waals surface area (Å²) in [6.07, 6.45) is 2.42. The molecule has 2 N–H and O–H groups in total. The molecule has 2 aromatic rings. The van der Waals surface area contributed by atoms with Gasteiger partial charge in [-0.05, 0) is 38.3 Å². The molecule has 1 aromatic heterocycles. The topological polar surface area (TPSA) is 54.2 Å². The van der Waals surface area contributed by atoms with Crippen LogP contribution in [-0.4, -0.2) is 29.3 Å². The molecule has 5 nitrogen and oxygen atoms in total. The fraction of sp³-hybridized carbons (Fsp3) is 0.474. The number of nitrogens with zero attached hydrogens (tertiary/aromatic N) is 3. The molecule has 25 heavy (non-hydrogen) atoms. The lowest BCUT2D eigenvalue weighted by Crippen LogP contribution is -2.41. The van der Waals surface area contributed by atoms with Crippen LogP contribution in [-0.2, 0) is 19.0 Å². The highest BCUT2D eigenvalue weighted by atomic mass is 79.9. The lowest BCUT2D eigenvalue weighted by atomic mass is 9.96. The summed E-state index contributed by atoms with van der Waals surface area (Å²) in [4.78, 5) is 4.37. The van der Waals surface area contributed by atoms with Gasteiger partial charge in [-0.3, -0.25) is 9.67 Å². The van der Waals surface area contributed by atoms with Crippen molar-refractivity contribution in [2.45, 2.75) is 38.6 Å². The van der Waals surface area contributed by atoms with Crippen molar-refractivity contribution in [2.24, 2.45) is 12.0 Å². The SMILES string of the molecule is CN=C(NCc1c(C)nn(C)c1C)NCC1(c2ccccc2Br)CC1. The number of aryl methyl sites for hydroxylation is 2. The van der Waals surface area contributed by atoms with Gasteiger partial charge in [0.25, 0.3) is 0 Å². The van der Waals surface area contributed by atoms with Crippen molar-refractivity contribution in [2.75, 3.05) is 13.6 Å². The van der Waals surface area contributed by atoms with Gasteiger partial charge in [0.1, 0.15) is 0 Å². The Morgan fingerprint density at radius 1 is 1.28 bits per heavy atom. The lowest BCUT2D eigenvalue weighted by Gasteiger charge is -2.20. The van der Waals surface area contributed by atoms with Crippen LogP contribution in [0, 0.1) is 13.8 Å². The average molecular weight is 404 g/mol. The Hall–Kier alpha value is -1.82. The maximum atomic E-state index is 4.47. The molecule has 1 aliphatic rings. The summed E-state index contributed by atoms with van der Waals surface area (Å²) in [5.41, 5.74) is 5.09. The number of halogens is 1. The van der Waals surface area contributed by atoms with Crippen LogP contribution < -0.4 is 10.6 Å². The third-order valence-electron chi connectivity index (χ3n) is 5.21. The summed E-state index contributed by atoms with van der Waals surface area (Å²) >= 11 is 3.69. The monoisotopic (exact) mass is 403 g/mol. The van der Waals surface area contributed by atoms with Crippen LogP contribution in [0.2, 0.25) is 0 Å². The zero-order valence-electron chi connectivity index (χ0n) is 15.4. The molecule has 0 spiro atoms. The van der Waals surface area contributed by atoms with Crippen molar-refractivity contribution in [1.29, 1.82) is 0 Å². The van der Waals surface area contributed by atoms with Crippen molar-refractivity contribution in [3.63, 3.8) is 0 Å². The van der Waals surface area contributed by atoms with E-state index < -0.39 is 0 Å². The molecule has 1 heterocycles. The van der Waals surface area contributed by atoms with Crippen LogP contribution in [0.25, 0.3) is 0 Å². The van der Waals surface area contributed by atoms with Crippen molar-refractivity contribution in [1.82, 2.24) is 20.4 Å². The molecule has 1 aliphatic carbocycles. The third kappa shape index (κ3) is 3.73. The first kappa shape index (κ1) is 18.0. The van der Waals surface area contributed by atoms with E-state index in [0.717, 1.165) is 24.7 Å². The molecule has 0 atom stereocenters. The van der Waals surface area contributed by atoms with Gasteiger partial charge >= 0.3 is 0 Å². The Morgan fingerprint density at radius 3 is 2.56 bits per heavy atom. The number of hydrogen-bond donors (Lipinski definition) is 2. The molecule has 0 amide bonds. The van der Waals surface area contributed by atoms with E-state index >= 15 is 0 Å². The van der Waals surface area contributed by atoms with Crippen LogP contribution in [0.3, 0.4) is 0 Å². The van der Waals surface area contributed by atoms with Gasteiger partial charge in [0.15, 0.2) is 5.96 Å². The summed E-state index contributed by atoms with van der Waals surface area (Å²) in [6, 6.07) is 8.52. The first-order chi connectivity index (χ1) is 12.0. The predicted octanol–water partition coefficient (Wildman–Crippen LogP) is 3.20. The number of hydrogen-bond acceptors (Lipinski definition) is 2. The molecule has 1 saturated carbocycles. The zero-order chi connectivity index (χ0) is 18.0. The highest BCUT2D eigenvalue weighted by molar-refractivity contribution is 9.10. The van der Waals surface area contributed by atoms with Gasteiger partial charge in [0.05, 0.1) is 5.69 Å². The lowest BCUT2D eigenvalue weighted by molar-refractivity contribution is 0.642. The van der Waals surface area contributed by atoms with Gasteiger partial charge in [-0.25, -0.2) is 0 Å². The van der Waals surface area contributed by atoms with Crippen LogP contribution in [0.1, 0.15) is 35.4 Å². The molecule has 0 saturated heterocycles. The van der Waals surface area contributed by atoms with E-state index in [1.165, 1.54) is 34.1 Å². The molecule has 6 heteroatoms. The number of aromatic nitrogens is 2. The number of guanidine groups is 1. The van der Waals surface area contributed by atoms with Crippen LogP contribution in [0.4, 0.5) is 0 Å². The Bertz CT molecular complexity index is 789. The summed E-state index contributed by atoms with van der Waals surface area (Å²) in [6.45, 7) is 5.76. The first-order valence-corrected chi connectivity index (χ1v) is 9.45. The van der Waals surface area contributed by atoms with E-state index in [9.17, 15) is 0 Å². The fourth-order valence-electron chi connectivity index (χ4n) is 3.30. The van der Waals surface area contributed by atoms with E-state index in [2.05, 4.69) is 67.8 Å². The molecule has 1 aromatic carbocycles. The average Bonchev–Trinajstić information content (AvgIpc) is 3.33. The van der Waals surface area contributed by atoms with Crippen molar-refractivity contribution in [3.8, 4) is 0 Å². The highest BCUT2D eigenvalue weighted by Crippen LogP contribution is 2.49. The van der Waals surface area contributed by atoms with E-state index in [0.29, 0.717) is 0 Å². The van der Waals surface area contributed by atoms with Crippen molar-refractivity contribution >= 4 is 21.9 Å². The standard InChI is InChI=1S/C19H26BrN5/c1-13-15(14(2)25(4)24-13)11-22-18(21-3)23-12-19(9-10-19)16-7-5-6-8-17(16)20/h5-8H,9-12H2,1-4H3,(H2,21,22,23). The molecule has 3 rings (SSSR count). The number of aliphatic imine (C=N–C) groups is 1. The van der Waals surface area contributed by atoms with Crippen molar-refractivity contribution in [3.05, 3.63) is 51.3 Å². The molecule has 134 valence electrons. The largest absolute Gasteiger partial charge is 0.356 e. The smallest absolute Gasteiger partial charge is 0.191 e. The zero-order valence-corrected chi connectivity index (χ0v) is 16.9. The fourth-order valence-corrected chi connectivity index (χ4v) is 4.01. The summed E-state index contributed by atoms with van der Waals surface area (Å²) in [7, 11) is 3.80. The maximum absolute atomic E-state index is 4.47. The number of nitrogens with one attached hydrogen (secondary N) is 2. The molecule has 0 radical (unpaired) electrons. The van der Waals surface area contributed by atoms with E-state index in [4.69, 9.17) is 0 Å². The van der Waals surface area contributed by atoms with Crippen LogP contribution >= 0.6 is 15.9 Å². The Balaban J connectivity index is 1.61. The van der Waals surface area contributed by atoms with E-state index in [1.807, 2.05) is 25.7 Å². The van der Waals surface area contributed by atoms with Gasteiger partial charge in [-0.15, -0.1) is 0 Å². The van der Waals surface area contributed by atoms with Crippen molar-refractivity contribution < 1.29 is 0 Å². The van der Waals surface area contributed by atoms with Gasteiger partial charge < -0.3 is 10.6 Å². The second-order valence-corrected chi connectivity index (χ2v) is 7.67. The van der Waals surface area contributed by atoms with Gasteiger partial charge in [0.2, 0.25) is 0 Å². The molecule has 1 fully saturated rings. The Labute approximate surface area is 158 Å². The molecule has 0 aliphatic heterocycles. The second-order valence-electron chi connectivity index (χ2n) is 6.81.